The molecule has 6 nitrogen and oxygen atoms in total. The third-order valence-corrected chi connectivity index (χ3v) is 12.8. The molecule has 0 rings (SSSR count). The van der Waals surface area contributed by atoms with Gasteiger partial charge in [0.2, 0.25) is 0 Å². The molecule has 0 bridgehead atoms. The summed E-state index contributed by atoms with van der Waals surface area (Å²) >= 11 is 0. The van der Waals surface area contributed by atoms with E-state index in [0.717, 1.165) is 109 Å². The smallest absolute Gasteiger partial charge is 0.306 e. The molecule has 6 heteroatoms. The highest BCUT2D eigenvalue weighted by atomic mass is 16.6. The summed E-state index contributed by atoms with van der Waals surface area (Å²) in [6.45, 7) is 6.48. The van der Waals surface area contributed by atoms with E-state index < -0.39 is 6.10 Å². The van der Waals surface area contributed by atoms with Gasteiger partial charge in [-0.2, -0.15) is 0 Å². The van der Waals surface area contributed by atoms with Gasteiger partial charge in [-0.25, -0.2) is 0 Å². The molecule has 1 unspecified atom stereocenters. The lowest BCUT2D eigenvalue weighted by Gasteiger charge is -2.18. The van der Waals surface area contributed by atoms with Crippen molar-refractivity contribution in [2.45, 2.75) is 290 Å². The summed E-state index contributed by atoms with van der Waals surface area (Å²) in [7, 11) is 0. The van der Waals surface area contributed by atoms with E-state index in [9.17, 15) is 14.4 Å². The Morgan fingerprint density at radius 2 is 0.542 bits per heavy atom. The number of allylic oxidation sites excluding steroid dienone is 16. The second kappa shape index (κ2) is 59.9. The Hall–Kier alpha value is -3.67. The van der Waals surface area contributed by atoms with Crippen LogP contribution in [-0.4, -0.2) is 37.2 Å². The summed E-state index contributed by atoms with van der Waals surface area (Å²) in [6, 6.07) is 0. The van der Waals surface area contributed by atoms with Gasteiger partial charge in [0.05, 0.1) is 0 Å². The molecular weight excluding hydrogens is 889 g/mol. The first-order valence-electron chi connectivity index (χ1n) is 30.2. The van der Waals surface area contributed by atoms with Gasteiger partial charge >= 0.3 is 17.9 Å². The van der Waals surface area contributed by atoms with Crippen LogP contribution in [0.25, 0.3) is 0 Å². The van der Waals surface area contributed by atoms with Gasteiger partial charge in [0.25, 0.3) is 0 Å². The van der Waals surface area contributed by atoms with Crippen molar-refractivity contribution in [1.29, 1.82) is 0 Å². The van der Waals surface area contributed by atoms with Crippen molar-refractivity contribution in [3.05, 3.63) is 97.2 Å². The van der Waals surface area contributed by atoms with E-state index >= 15 is 0 Å². The van der Waals surface area contributed by atoms with Crippen LogP contribution in [0.4, 0.5) is 0 Å². The van der Waals surface area contributed by atoms with E-state index in [1.165, 1.54) is 135 Å². The van der Waals surface area contributed by atoms with Crippen molar-refractivity contribution in [1.82, 2.24) is 0 Å². The van der Waals surface area contributed by atoms with Crippen LogP contribution in [0.15, 0.2) is 97.2 Å². The number of hydrogen-bond acceptors (Lipinski definition) is 6. The highest BCUT2D eigenvalue weighted by Gasteiger charge is 2.19. The molecule has 0 radical (unpaired) electrons. The van der Waals surface area contributed by atoms with E-state index in [4.69, 9.17) is 14.2 Å². The summed E-state index contributed by atoms with van der Waals surface area (Å²) in [6.07, 6.45) is 79.9. The molecule has 0 saturated heterocycles. The fourth-order valence-corrected chi connectivity index (χ4v) is 8.30. The van der Waals surface area contributed by atoms with Crippen molar-refractivity contribution in [3.63, 3.8) is 0 Å². The molecule has 0 amide bonds. The normalized spacial score (nSPS) is 12.8. The third-order valence-electron chi connectivity index (χ3n) is 12.8. The third kappa shape index (κ3) is 57.2. The van der Waals surface area contributed by atoms with Gasteiger partial charge in [0.15, 0.2) is 6.10 Å². The molecular formula is C66H112O6. The molecule has 0 N–H and O–H groups in total. The van der Waals surface area contributed by atoms with Gasteiger partial charge in [-0.3, -0.25) is 14.4 Å². The number of hydrogen-bond donors (Lipinski definition) is 0. The van der Waals surface area contributed by atoms with Crippen LogP contribution < -0.4 is 0 Å². The molecule has 0 aliphatic carbocycles. The van der Waals surface area contributed by atoms with Gasteiger partial charge in [-0.15, -0.1) is 0 Å². The Morgan fingerprint density at radius 1 is 0.292 bits per heavy atom. The van der Waals surface area contributed by atoms with Gasteiger partial charge in [-0.1, -0.05) is 259 Å². The minimum absolute atomic E-state index is 0.0879. The van der Waals surface area contributed by atoms with Crippen molar-refractivity contribution in [2.75, 3.05) is 13.2 Å². The molecule has 0 aromatic rings. The Labute approximate surface area is 445 Å². The highest BCUT2D eigenvalue weighted by Crippen LogP contribution is 2.15. The van der Waals surface area contributed by atoms with Crippen LogP contribution in [0.1, 0.15) is 284 Å². The van der Waals surface area contributed by atoms with Crippen molar-refractivity contribution >= 4 is 17.9 Å². The largest absolute Gasteiger partial charge is 0.462 e. The lowest BCUT2D eigenvalue weighted by Crippen LogP contribution is -2.30. The molecule has 1 atom stereocenters. The first kappa shape index (κ1) is 68.3. The molecule has 0 aliphatic rings. The molecule has 72 heavy (non-hydrogen) atoms. The summed E-state index contributed by atoms with van der Waals surface area (Å²) in [5.41, 5.74) is 0. The van der Waals surface area contributed by atoms with E-state index in [1.54, 1.807) is 0 Å². The van der Waals surface area contributed by atoms with Gasteiger partial charge < -0.3 is 14.2 Å². The molecule has 412 valence electrons. The standard InChI is InChI=1S/C66H112O6/c1-4-7-10-13-16-19-21-23-25-27-29-31-32-33-34-36-37-39-41-43-45-47-50-53-56-59-65(68)71-62-63(61-70-64(67)58-55-52-49-18-15-12-9-6-3)72-66(69)60-57-54-51-48-46-44-42-40-38-35-30-28-26-24-22-20-17-14-11-8-5-2/h7,10,16,19,23,25,28-31,33-34,37,39,43,45,63H,4-6,8-9,11-15,17-18,20-22,24,26-27,32,35-36,38,40-42,44,46-62H2,1-3H3/b10-7-,19-16-,25-23-,30-28-,31-29-,34-33-,39-37-,45-43-. The maximum atomic E-state index is 12.9. The first-order valence-corrected chi connectivity index (χ1v) is 30.2. The van der Waals surface area contributed by atoms with E-state index in [0.29, 0.717) is 19.3 Å². The Balaban J connectivity index is 4.30. The van der Waals surface area contributed by atoms with Crippen LogP contribution in [-0.2, 0) is 28.6 Å². The van der Waals surface area contributed by atoms with E-state index in [1.807, 2.05) is 0 Å². The van der Waals surface area contributed by atoms with Gasteiger partial charge in [0, 0.05) is 19.3 Å². The maximum Gasteiger partial charge on any atom is 0.306 e. The number of unbranched alkanes of at least 4 members (excludes halogenated alkanes) is 27. The number of ether oxygens (including phenoxy) is 3. The fourth-order valence-electron chi connectivity index (χ4n) is 8.30. The lowest BCUT2D eigenvalue weighted by atomic mass is 10.1. The minimum Gasteiger partial charge on any atom is -0.462 e. The predicted octanol–water partition coefficient (Wildman–Crippen LogP) is 20.5. The number of rotatable bonds is 54. The van der Waals surface area contributed by atoms with Crippen LogP contribution >= 0.6 is 0 Å². The van der Waals surface area contributed by atoms with Crippen LogP contribution in [0, 0.1) is 0 Å². The van der Waals surface area contributed by atoms with Crippen LogP contribution in [0.3, 0.4) is 0 Å². The zero-order chi connectivity index (χ0) is 52.2. The highest BCUT2D eigenvalue weighted by molar-refractivity contribution is 5.71. The van der Waals surface area contributed by atoms with Crippen molar-refractivity contribution in [2.24, 2.45) is 0 Å². The second-order valence-electron chi connectivity index (χ2n) is 19.9. The Kier molecular flexibility index (Phi) is 56.8. The predicted molar refractivity (Wildman–Crippen MR) is 311 cm³/mol. The van der Waals surface area contributed by atoms with Crippen molar-refractivity contribution in [3.8, 4) is 0 Å². The molecule has 0 aliphatic heterocycles. The Morgan fingerprint density at radius 3 is 0.875 bits per heavy atom. The summed E-state index contributed by atoms with van der Waals surface area (Å²) in [5.74, 6) is -0.924. The van der Waals surface area contributed by atoms with Gasteiger partial charge in [0.1, 0.15) is 13.2 Å². The fraction of sp³-hybridized carbons (Fsp3) is 0.712. The monoisotopic (exact) mass is 1000 g/mol. The zero-order valence-corrected chi connectivity index (χ0v) is 47.2. The molecule has 0 aromatic heterocycles. The second-order valence-corrected chi connectivity index (χ2v) is 19.9. The van der Waals surface area contributed by atoms with Crippen LogP contribution in [0.5, 0.6) is 0 Å². The molecule has 0 fully saturated rings. The zero-order valence-electron chi connectivity index (χ0n) is 47.2. The molecule has 0 heterocycles. The van der Waals surface area contributed by atoms with E-state index in [-0.39, 0.29) is 31.1 Å². The average Bonchev–Trinajstić information content (AvgIpc) is 3.38. The van der Waals surface area contributed by atoms with E-state index in [2.05, 4.69) is 118 Å². The first-order chi connectivity index (χ1) is 35.5. The lowest BCUT2D eigenvalue weighted by molar-refractivity contribution is -0.167. The summed E-state index contributed by atoms with van der Waals surface area (Å²) < 4.78 is 16.8. The van der Waals surface area contributed by atoms with Crippen molar-refractivity contribution < 1.29 is 28.6 Å². The Bertz CT molecular complexity index is 1430. The topological polar surface area (TPSA) is 78.9 Å². The molecule has 0 spiro atoms. The van der Waals surface area contributed by atoms with Gasteiger partial charge in [-0.05, 0) is 103 Å². The molecule has 0 saturated carbocycles. The summed E-state index contributed by atoms with van der Waals surface area (Å²) in [4.78, 5) is 38.1. The maximum absolute atomic E-state index is 12.9. The quantitative estimate of drug-likeness (QED) is 0.0261. The number of esters is 3. The number of carbonyl (C=O) groups is 3. The summed E-state index contributed by atoms with van der Waals surface area (Å²) in [5, 5.41) is 0. The average molecular weight is 1000 g/mol. The number of carbonyl (C=O) groups excluding carboxylic acids is 3. The minimum atomic E-state index is -0.791. The van der Waals surface area contributed by atoms with Crippen LogP contribution in [0.2, 0.25) is 0 Å². The molecule has 0 aromatic carbocycles. The SMILES string of the molecule is CC/C=C\C/C=C\C/C=C\C/C=C\C/C=C\C/C=C\C/C=C\CCCCCC(=O)OCC(COC(=O)CCCCCCCCCC)OC(=O)CCCCCCCCCCC/C=C\CCCCCCCCCC.